The van der Waals surface area contributed by atoms with Gasteiger partial charge in [-0.05, 0) is 37.1 Å². The number of nitrogens with zero attached hydrogens (tertiary/aromatic N) is 3. The van der Waals surface area contributed by atoms with E-state index in [9.17, 15) is 4.79 Å². The summed E-state index contributed by atoms with van der Waals surface area (Å²) in [7, 11) is 0. The summed E-state index contributed by atoms with van der Waals surface area (Å²) in [6.45, 7) is 4.73. The Morgan fingerprint density at radius 1 is 1.25 bits per heavy atom. The van der Waals surface area contributed by atoms with Gasteiger partial charge in [-0.25, -0.2) is 0 Å². The largest absolute Gasteiger partial charge is 0.374 e. The Morgan fingerprint density at radius 2 is 1.95 bits per heavy atom. The summed E-state index contributed by atoms with van der Waals surface area (Å²) in [5, 5.41) is 9.19. The molecule has 0 radical (unpaired) electrons. The third-order valence-electron chi connectivity index (χ3n) is 3.45. The first-order valence-corrected chi connectivity index (χ1v) is 7.32. The highest BCUT2D eigenvalue weighted by Crippen LogP contribution is 2.34. The zero-order valence-electron chi connectivity index (χ0n) is 11.5. The average Bonchev–Trinajstić information content (AvgIpc) is 2.94. The maximum atomic E-state index is 12.2. The van der Waals surface area contributed by atoms with Crippen molar-refractivity contribution in [1.29, 1.82) is 0 Å². The Kier molecular flexibility index (Phi) is 3.17. The third kappa shape index (κ3) is 2.38. The molecule has 0 saturated carbocycles. The monoisotopic (exact) mass is 288 g/mol. The van der Waals surface area contributed by atoms with Crippen LogP contribution in [0.1, 0.15) is 28.5 Å². The Hall–Kier alpha value is -1.95. The van der Waals surface area contributed by atoms with Gasteiger partial charge in [0.1, 0.15) is 5.01 Å². The van der Waals surface area contributed by atoms with Gasteiger partial charge in [0.25, 0.3) is 0 Å². The van der Waals surface area contributed by atoms with Gasteiger partial charge >= 0.3 is 0 Å². The van der Waals surface area contributed by atoms with Crippen LogP contribution in [0.15, 0.2) is 18.2 Å². The van der Waals surface area contributed by atoms with Crippen molar-refractivity contribution >= 4 is 28.1 Å². The molecule has 104 valence electrons. The van der Waals surface area contributed by atoms with Crippen LogP contribution in [-0.2, 0) is 4.79 Å². The molecule has 2 N–H and O–H groups in total. The molecule has 0 aliphatic carbocycles. The molecule has 2 aromatic rings. The third-order valence-corrected chi connectivity index (χ3v) is 4.36. The van der Waals surface area contributed by atoms with Crippen molar-refractivity contribution in [1.82, 2.24) is 10.2 Å². The Balaban J connectivity index is 1.87. The Bertz CT molecular complexity index is 647. The molecule has 3 rings (SSSR count). The number of nitrogens with two attached hydrogens (primary N) is 1. The number of carbonyl (C=O) groups excluding carboxylic acids is 1. The second-order valence-corrected chi connectivity index (χ2v) is 6.27. The molecular formula is C14H16N4OS. The average molecular weight is 288 g/mol. The first-order valence-electron chi connectivity index (χ1n) is 6.50. The fourth-order valence-corrected chi connectivity index (χ4v) is 3.34. The van der Waals surface area contributed by atoms with Gasteiger partial charge in [-0.3, -0.25) is 4.79 Å². The molecule has 1 aliphatic rings. The molecule has 1 aliphatic heterocycles. The van der Waals surface area contributed by atoms with E-state index in [2.05, 4.69) is 16.3 Å². The van der Waals surface area contributed by atoms with E-state index in [1.807, 2.05) is 30.9 Å². The number of nitrogen functional groups attached to an aromatic ring is 1. The quantitative estimate of drug-likeness (QED) is 0.920. The highest BCUT2D eigenvalue weighted by Gasteiger charge is 2.33. The number of rotatable bonds is 2. The number of amides is 1. The lowest BCUT2D eigenvalue weighted by atomic mass is 10.1. The van der Waals surface area contributed by atoms with Crippen LogP contribution in [0.25, 0.3) is 0 Å². The number of benzene rings is 1. The minimum Gasteiger partial charge on any atom is -0.374 e. The van der Waals surface area contributed by atoms with E-state index in [1.54, 1.807) is 0 Å². The zero-order chi connectivity index (χ0) is 14.3. The van der Waals surface area contributed by atoms with Crippen LogP contribution < -0.4 is 10.6 Å². The summed E-state index contributed by atoms with van der Waals surface area (Å²) >= 11 is 1.37. The number of hydrogen-bond donors (Lipinski definition) is 1. The van der Waals surface area contributed by atoms with Crippen molar-refractivity contribution in [2.75, 3.05) is 17.2 Å². The minimum absolute atomic E-state index is 0.0955. The molecule has 6 heteroatoms. The van der Waals surface area contributed by atoms with Gasteiger partial charge in [-0.1, -0.05) is 17.4 Å². The summed E-state index contributed by atoms with van der Waals surface area (Å²) in [6, 6.07) is 6.19. The normalized spacial score (nSPS) is 18.8. The summed E-state index contributed by atoms with van der Waals surface area (Å²) < 4.78 is 0. The highest BCUT2D eigenvalue weighted by atomic mass is 32.1. The van der Waals surface area contributed by atoms with Gasteiger partial charge in [-0.2, -0.15) is 0 Å². The molecule has 1 aromatic carbocycles. The van der Waals surface area contributed by atoms with Crippen molar-refractivity contribution in [3.63, 3.8) is 0 Å². The van der Waals surface area contributed by atoms with Crippen LogP contribution in [0.4, 0.5) is 10.8 Å². The molecule has 2 heterocycles. The molecule has 20 heavy (non-hydrogen) atoms. The lowest BCUT2D eigenvalue weighted by Crippen LogP contribution is -2.24. The van der Waals surface area contributed by atoms with Gasteiger partial charge in [-0.15, -0.1) is 10.2 Å². The molecule has 5 nitrogen and oxygen atoms in total. The summed E-state index contributed by atoms with van der Waals surface area (Å²) in [5.41, 5.74) is 8.90. The minimum atomic E-state index is 0.0955. The standard InChI is InChI=1S/C14H16N4OS/c1-8-3-9(2)5-11(4-8)18-7-10(6-12(18)19)13-16-17-14(15)20-13/h3-5,10H,6-7H2,1-2H3,(H2,15,17)/t10-/m0/s1. The second kappa shape index (κ2) is 4.86. The fourth-order valence-electron chi connectivity index (χ4n) is 2.64. The zero-order valence-corrected chi connectivity index (χ0v) is 12.3. The molecule has 1 saturated heterocycles. The van der Waals surface area contributed by atoms with E-state index in [4.69, 9.17) is 5.73 Å². The lowest BCUT2D eigenvalue weighted by Gasteiger charge is -2.17. The van der Waals surface area contributed by atoms with Gasteiger partial charge < -0.3 is 10.6 Å². The van der Waals surface area contributed by atoms with E-state index in [-0.39, 0.29) is 11.8 Å². The van der Waals surface area contributed by atoms with Crippen LogP contribution in [0.3, 0.4) is 0 Å². The van der Waals surface area contributed by atoms with E-state index < -0.39 is 0 Å². The second-order valence-electron chi connectivity index (χ2n) is 5.23. The highest BCUT2D eigenvalue weighted by molar-refractivity contribution is 7.15. The summed E-state index contributed by atoms with van der Waals surface area (Å²) in [4.78, 5) is 14.1. The maximum absolute atomic E-state index is 12.2. The Labute approximate surface area is 121 Å². The first kappa shape index (κ1) is 13.1. The van der Waals surface area contributed by atoms with Crippen LogP contribution in [0, 0.1) is 13.8 Å². The van der Waals surface area contributed by atoms with Crippen molar-refractivity contribution in [3.8, 4) is 0 Å². The number of aromatic nitrogens is 2. The summed E-state index contributed by atoms with van der Waals surface area (Å²) in [5.74, 6) is 0.229. The predicted molar refractivity (Wildman–Crippen MR) is 79.9 cm³/mol. The molecule has 0 bridgehead atoms. The van der Waals surface area contributed by atoms with E-state index in [1.165, 1.54) is 11.3 Å². The molecule has 1 aromatic heterocycles. The van der Waals surface area contributed by atoms with Gasteiger partial charge in [0.2, 0.25) is 11.0 Å². The predicted octanol–water partition coefficient (Wildman–Crippen LogP) is 2.26. The van der Waals surface area contributed by atoms with E-state index in [0.717, 1.165) is 21.8 Å². The van der Waals surface area contributed by atoms with E-state index in [0.29, 0.717) is 18.1 Å². The number of hydrogen-bond acceptors (Lipinski definition) is 5. The van der Waals surface area contributed by atoms with Crippen LogP contribution in [-0.4, -0.2) is 22.6 Å². The molecule has 1 atom stereocenters. The molecule has 1 amide bonds. The van der Waals surface area contributed by atoms with Gasteiger partial charge in [0.05, 0.1) is 0 Å². The van der Waals surface area contributed by atoms with Crippen molar-refractivity contribution in [2.45, 2.75) is 26.2 Å². The van der Waals surface area contributed by atoms with Crippen molar-refractivity contribution in [2.24, 2.45) is 0 Å². The smallest absolute Gasteiger partial charge is 0.227 e. The fraction of sp³-hybridized carbons (Fsp3) is 0.357. The SMILES string of the molecule is Cc1cc(C)cc(N2C[C@@H](c3nnc(N)s3)CC2=O)c1. The van der Waals surface area contributed by atoms with Crippen molar-refractivity contribution in [3.05, 3.63) is 34.3 Å². The van der Waals surface area contributed by atoms with Crippen LogP contribution in [0.5, 0.6) is 0 Å². The van der Waals surface area contributed by atoms with Gasteiger partial charge in [0.15, 0.2) is 0 Å². The molecule has 1 fully saturated rings. The maximum Gasteiger partial charge on any atom is 0.227 e. The molecule has 0 unspecified atom stereocenters. The number of anilines is 2. The summed E-state index contributed by atoms with van der Waals surface area (Å²) in [6.07, 6.45) is 0.474. The van der Waals surface area contributed by atoms with E-state index >= 15 is 0 Å². The number of aryl methyl sites for hydroxylation is 2. The van der Waals surface area contributed by atoms with Crippen LogP contribution in [0.2, 0.25) is 0 Å². The topological polar surface area (TPSA) is 72.1 Å². The molecule has 0 spiro atoms. The van der Waals surface area contributed by atoms with Crippen molar-refractivity contribution < 1.29 is 4.79 Å². The van der Waals surface area contributed by atoms with Gasteiger partial charge in [0, 0.05) is 24.6 Å². The molecular weight excluding hydrogens is 272 g/mol. The first-order chi connectivity index (χ1) is 9.52. The lowest BCUT2D eigenvalue weighted by molar-refractivity contribution is -0.117. The Morgan fingerprint density at radius 3 is 2.55 bits per heavy atom. The van der Waals surface area contributed by atoms with Crippen LogP contribution >= 0.6 is 11.3 Å². The number of carbonyl (C=O) groups is 1.